The van der Waals surface area contributed by atoms with Crippen LogP contribution in [0.4, 0.5) is 4.39 Å². The molecule has 0 radical (unpaired) electrons. The molecule has 2 aliphatic rings. The molecule has 0 N–H and O–H groups in total. The topological polar surface area (TPSA) is 20.3 Å². The van der Waals surface area contributed by atoms with Crippen molar-refractivity contribution in [1.29, 1.82) is 0 Å². The van der Waals surface area contributed by atoms with Gasteiger partial charge in [-0.15, -0.1) is 0 Å². The maximum absolute atomic E-state index is 13.6. The molecule has 2 fully saturated rings. The first-order valence-electron chi connectivity index (χ1n) is 6.11. The molecule has 0 unspecified atom stereocenters. The van der Waals surface area contributed by atoms with Gasteiger partial charge in [0.25, 0.3) is 0 Å². The van der Waals surface area contributed by atoms with Gasteiger partial charge >= 0.3 is 0 Å². The number of piperidine rings is 1. The van der Waals surface area contributed by atoms with Gasteiger partial charge in [-0.3, -0.25) is 4.79 Å². The van der Waals surface area contributed by atoms with Gasteiger partial charge in [0.15, 0.2) is 5.78 Å². The third-order valence-electron chi connectivity index (χ3n) is 3.22. The van der Waals surface area contributed by atoms with Gasteiger partial charge in [-0.05, 0) is 43.8 Å². The predicted molar refractivity (Wildman–Crippen MR) is 61.6 cm³/mol. The number of hydrogen-bond donors (Lipinski definition) is 0. The van der Waals surface area contributed by atoms with Gasteiger partial charge in [0.1, 0.15) is 5.83 Å². The normalized spacial score (nSPS) is 25.6. The van der Waals surface area contributed by atoms with Gasteiger partial charge in [0, 0.05) is 25.7 Å². The fourth-order valence-electron chi connectivity index (χ4n) is 2.32. The Kier molecular flexibility index (Phi) is 3.75. The maximum atomic E-state index is 13.6. The first-order valence-corrected chi connectivity index (χ1v) is 6.11. The molecule has 88 valence electrons. The van der Waals surface area contributed by atoms with E-state index in [4.69, 9.17) is 0 Å². The van der Waals surface area contributed by atoms with Crippen LogP contribution in [0.5, 0.6) is 0 Å². The Bertz CT molecular complexity index is 327. The fraction of sp³-hybridized carbons (Fsp3) is 0.615. The minimum Gasteiger partial charge on any atom is -0.375 e. The summed E-state index contributed by atoms with van der Waals surface area (Å²) in [5.41, 5.74) is 0.658. The Morgan fingerprint density at radius 2 is 1.88 bits per heavy atom. The molecular weight excluding hydrogens is 205 g/mol. The van der Waals surface area contributed by atoms with E-state index in [9.17, 15) is 9.18 Å². The standard InChI is InChI=1S/C13H18FNO/c14-12(9-11-5-4-6-13(11)16)10-15-7-2-1-3-8-15/h9-10H,1-8H2/b11-9-,12-10+. The van der Waals surface area contributed by atoms with Gasteiger partial charge in [-0.1, -0.05) is 0 Å². The molecule has 0 atom stereocenters. The third-order valence-corrected chi connectivity index (χ3v) is 3.22. The van der Waals surface area contributed by atoms with Crippen molar-refractivity contribution in [2.75, 3.05) is 13.1 Å². The van der Waals surface area contributed by atoms with Crippen LogP contribution in [0.2, 0.25) is 0 Å². The van der Waals surface area contributed by atoms with Crippen molar-refractivity contribution < 1.29 is 9.18 Å². The molecule has 0 aromatic carbocycles. The van der Waals surface area contributed by atoms with Crippen molar-refractivity contribution in [3.63, 3.8) is 0 Å². The summed E-state index contributed by atoms with van der Waals surface area (Å²) in [6.07, 6.45) is 8.69. The molecule has 16 heavy (non-hydrogen) atoms. The largest absolute Gasteiger partial charge is 0.375 e. The molecule has 1 heterocycles. The van der Waals surface area contributed by atoms with Crippen LogP contribution in [-0.4, -0.2) is 23.8 Å². The van der Waals surface area contributed by atoms with Crippen LogP contribution in [-0.2, 0) is 4.79 Å². The smallest absolute Gasteiger partial charge is 0.158 e. The van der Waals surface area contributed by atoms with E-state index >= 15 is 0 Å². The van der Waals surface area contributed by atoms with Crippen molar-refractivity contribution in [1.82, 2.24) is 4.90 Å². The van der Waals surface area contributed by atoms with Crippen LogP contribution >= 0.6 is 0 Å². The molecule has 0 aromatic rings. The zero-order valence-electron chi connectivity index (χ0n) is 9.54. The molecule has 2 nitrogen and oxygen atoms in total. The summed E-state index contributed by atoms with van der Waals surface area (Å²) in [6, 6.07) is 0. The lowest BCUT2D eigenvalue weighted by molar-refractivity contribution is -0.114. The van der Waals surface area contributed by atoms with Crippen LogP contribution in [0.25, 0.3) is 0 Å². The highest BCUT2D eigenvalue weighted by Crippen LogP contribution is 2.22. The van der Waals surface area contributed by atoms with Gasteiger partial charge in [0.2, 0.25) is 0 Å². The molecule has 0 bridgehead atoms. The molecular formula is C13H18FNO. The van der Waals surface area contributed by atoms with Crippen LogP contribution in [0.15, 0.2) is 23.7 Å². The number of carbonyl (C=O) groups excluding carboxylic acids is 1. The quantitative estimate of drug-likeness (QED) is 0.671. The number of ketones is 1. The molecule has 0 aromatic heterocycles. The number of halogens is 1. The molecule has 0 amide bonds. The first kappa shape index (κ1) is 11.4. The van der Waals surface area contributed by atoms with E-state index in [1.165, 1.54) is 12.5 Å². The average molecular weight is 223 g/mol. The Balaban J connectivity index is 1.97. The van der Waals surface area contributed by atoms with Crippen molar-refractivity contribution in [3.05, 3.63) is 23.7 Å². The van der Waals surface area contributed by atoms with E-state index in [-0.39, 0.29) is 11.6 Å². The Morgan fingerprint density at radius 1 is 1.12 bits per heavy atom. The van der Waals surface area contributed by atoms with E-state index < -0.39 is 0 Å². The minimum absolute atomic E-state index is 0.113. The van der Waals surface area contributed by atoms with Crippen LogP contribution < -0.4 is 0 Å². The van der Waals surface area contributed by atoms with Crippen LogP contribution in [0.1, 0.15) is 38.5 Å². The second-order valence-corrected chi connectivity index (χ2v) is 4.56. The predicted octanol–water partition coefficient (Wildman–Crippen LogP) is 2.96. The molecule has 1 aliphatic carbocycles. The van der Waals surface area contributed by atoms with Gasteiger partial charge in [-0.2, -0.15) is 0 Å². The summed E-state index contributed by atoms with van der Waals surface area (Å²) >= 11 is 0. The summed E-state index contributed by atoms with van der Waals surface area (Å²) in [5.74, 6) is -0.158. The second-order valence-electron chi connectivity index (χ2n) is 4.56. The number of nitrogens with zero attached hydrogens (tertiary/aromatic N) is 1. The zero-order chi connectivity index (χ0) is 11.4. The molecule has 0 spiro atoms. The Morgan fingerprint density at radius 3 is 2.50 bits per heavy atom. The average Bonchev–Trinajstić information content (AvgIpc) is 2.66. The molecule has 2 rings (SSSR count). The number of hydrogen-bond acceptors (Lipinski definition) is 2. The monoisotopic (exact) mass is 223 g/mol. The fourth-order valence-corrected chi connectivity index (χ4v) is 2.32. The number of carbonyl (C=O) groups is 1. The summed E-state index contributed by atoms with van der Waals surface area (Å²) in [7, 11) is 0. The summed E-state index contributed by atoms with van der Waals surface area (Å²) in [5, 5.41) is 0. The molecule has 1 aliphatic heterocycles. The van der Waals surface area contributed by atoms with Crippen molar-refractivity contribution in [2.24, 2.45) is 0 Å². The lowest BCUT2D eigenvalue weighted by Crippen LogP contribution is -2.24. The third kappa shape index (κ3) is 2.94. The first-order chi connectivity index (χ1) is 7.75. The highest BCUT2D eigenvalue weighted by molar-refractivity contribution is 5.97. The lowest BCUT2D eigenvalue weighted by atomic mass is 10.1. The van der Waals surface area contributed by atoms with Gasteiger partial charge in [-0.25, -0.2) is 4.39 Å². The zero-order valence-corrected chi connectivity index (χ0v) is 9.54. The number of rotatable bonds is 2. The van der Waals surface area contributed by atoms with E-state index in [1.807, 2.05) is 4.90 Å². The summed E-state index contributed by atoms with van der Waals surface area (Å²) < 4.78 is 13.6. The summed E-state index contributed by atoms with van der Waals surface area (Å²) in [4.78, 5) is 13.3. The summed E-state index contributed by atoms with van der Waals surface area (Å²) in [6.45, 7) is 1.87. The van der Waals surface area contributed by atoms with Gasteiger partial charge < -0.3 is 4.90 Å². The lowest BCUT2D eigenvalue weighted by Gasteiger charge is -2.24. The van der Waals surface area contributed by atoms with E-state index in [2.05, 4.69) is 0 Å². The van der Waals surface area contributed by atoms with E-state index in [0.29, 0.717) is 12.0 Å². The van der Waals surface area contributed by atoms with E-state index in [1.54, 1.807) is 6.20 Å². The highest BCUT2D eigenvalue weighted by Gasteiger charge is 2.17. The molecule has 1 saturated carbocycles. The number of allylic oxidation sites excluding steroid dienone is 3. The van der Waals surface area contributed by atoms with Crippen molar-refractivity contribution in [2.45, 2.75) is 38.5 Å². The molecule has 1 saturated heterocycles. The minimum atomic E-state index is -0.271. The van der Waals surface area contributed by atoms with Crippen LogP contribution in [0.3, 0.4) is 0 Å². The van der Waals surface area contributed by atoms with Gasteiger partial charge in [0.05, 0.1) is 0 Å². The Labute approximate surface area is 95.8 Å². The number of Topliss-reactive ketones (excluding diaryl/α,β-unsaturated/α-hetero) is 1. The Hall–Kier alpha value is -1.12. The second kappa shape index (κ2) is 5.28. The van der Waals surface area contributed by atoms with Crippen molar-refractivity contribution >= 4 is 5.78 Å². The SMILES string of the molecule is O=C1CCC/C1=C/C(F)=C\N1CCCCC1. The van der Waals surface area contributed by atoms with Crippen molar-refractivity contribution in [3.8, 4) is 0 Å². The van der Waals surface area contributed by atoms with Crippen LogP contribution in [0, 0.1) is 0 Å². The van der Waals surface area contributed by atoms with E-state index in [0.717, 1.165) is 38.8 Å². The highest BCUT2D eigenvalue weighted by atomic mass is 19.1. The molecule has 3 heteroatoms. The maximum Gasteiger partial charge on any atom is 0.158 e. The number of likely N-dealkylation sites (tertiary alicyclic amines) is 1.